The first-order valence-corrected chi connectivity index (χ1v) is 8.80. The second kappa shape index (κ2) is 8.20. The molecule has 0 saturated carbocycles. The summed E-state index contributed by atoms with van der Waals surface area (Å²) in [5.74, 6) is 0. The Balaban J connectivity index is 2.28. The van der Waals surface area contributed by atoms with Crippen LogP contribution in [0.5, 0.6) is 0 Å². The van der Waals surface area contributed by atoms with Crippen molar-refractivity contribution in [3.8, 4) is 0 Å². The van der Waals surface area contributed by atoms with Gasteiger partial charge in [0.2, 0.25) is 0 Å². The first-order valence-electron chi connectivity index (χ1n) is 7.86. The van der Waals surface area contributed by atoms with Crippen LogP contribution in [-0.4, -0.2) is 33.7 Å². The monoisotopic (exact) mass is 364 g/mol. The maximum absolute atomic E-state index is 13.8. The second-order valence-electron chi connectivity index (χ2n) is 6.60. The van der Waals surface area contributed by atoms with Crippen LogP contribution in [0.1, 0.15) is 32.0 Å². The van der Waals surface area contributed by atoms with Crippen molar-refractivity contribution in [2.75, 3.05) is 0 Å². The quantitative estimate of drug-likeness (QED) is 0.727. The van der Waals surface area contributed by atoms with Crippen molar-refractivity contribution in [3.05, 3.63) is 52.5 Å². The molecule has 0 radical (unpaired) electrons. The van der Waals surface area contributed by atoms with Gasteiger partial charge in [-0.1, -0.05) is 30.3 Å². The highest BCUT2D eigenvalue weighted by molar-refractivity contribution is 7.07. The molecule has 0 bridgehead atoms. The molecule has 7 heteroatoms. The highest BCUT2D eigenvalue weighted by Crippen LogP contribution is 2.19. The van der Waals surface area contributed by atoms with Crippen molar-refractivity contribution in [1.29, 1.82) is 0 Å². The topological polar surface area (TPSA) is 59.5 Å². The summed E-state index contributed by atoms with van der Waals surface area (Å²) >= 11 is 1.36. The molecule has 0 saturated heterocycles. The minimum atomic E-state index is -1.58. The Morgan fingerprint density at radius 2 is 1.96 bits per heavy atom. The van der Waals surface area contributed by atoms with Gasteiger partial charge in [0.15, 0.2) is 0 Å². The molecule has 1 aromatic heterocycles. The average Bonchev–Trinajstić information content (AvgIpc) is 3.03. The van der Waals surface area contributed by atoms with E-state index in [9.17, 15) is 14.0 Å². The van der Waals surface area contributed by atoms with Gasteiger partial charge in [-0.05, 0) is 26.3 Å². The van der Waals surface area contributed by atoms with E-state index in [1.807, 2.05) is 6.07 Å². The van der Waals surface area contributed by atoms with Gasteiger partial charge in [0, 0.05) is 11.8 Å². The number of thiazole rings is 1. The Morgan fingerprint density at radius 3 is 2.48 bits per heavy atom. The number of ether oxygens (including phenoxy) is 1. The highest BCUT2D eigenvalue weighted by atomic mass is 32.1. The minimum absolute atomic E-state index is 0.00553. The largest absolute Gasteiger partial charge is 0.444 e. The van der Waals surface area contributed by atoms with Crippen LogP contribution in [0.2, 0.25) is 0 Å². The molecule has 0 aliphatic rings. The number of carbonyl (C=O) groups is 2. The van der Waals surface area contributed by atoms with Crippen LogP contribution in [0, 0.1) is 0 Å². The minimum Gasteiger partial charge on any atom is -0.444 e. The lowest BCUT2D eigenvalue weighted by molar-refractivity contribution is -0.135. The molecule has 25 heavy (non-hydrogen) atoms. The van der Waals surface area contributed by atoms with E-state index in [-0.39, 0.29) is 13.0 Å². The van der Waals surface area contributed by atoms with Crippen molar-refractivity contribution in [3.63, 3.8) is 0 Å². The lowest BCUT2D eigenvalue weighted by atomic mass is 10.1. The van der Waals surface area contributed by atoms with E-state index in [0.29, 0.717) is 5.69 Å². The number of rotatable bonds is 6. The van der Waals surface area contributed by atoms with Crippen LogP contribution >= 0.6 is 11.3 Å². The number of carbonyl (C=O) groups excluding carboxylic acids is 2. The molecule has 0 aliphatic carbocycles. The lowest BCUT2D eigenvalue weighted by Crippen LogP contribution is -2.47. The number of nitrogens with zero attached hydrogens (tertiary/aromatic N) is 2. The molecule has 134 valence electrons. The zero-order chi connectivity index (χ0) is 18.4. The Bertz CT molecular complexity index is 699. The smallest absolute Gasteiger partial charge is 0.411 e. The van der Waals surface area contributed by atoms with Crippen LogP contribution in [0.3, 0.4) is 0 Å². The van der Waals surface area contributed by atoms with E-state index in [2.05, 4.69) is 4.98 Å². The number of aromatic nitrogens is 1. The summed E-state index contributed by atoms with van der Waals surface area (Å²) in [7, 11) is 0. The SMILES string of the molecule is CC(C)(C)OC(=O)N(Cc1cscn1)[C@@H](Cc1ccccc1)C(=O)F. The molecule has 1 aromatic carbocycles. The van der Waals surface area contributed by atoms with Crippen LogP contribution in [0.15, 0.2) is 41.2 Å². The Labute approximate surface area is 150 Å². The fourth-order valence-corrected chi connectivity index (χ4v) is 2.81. The van der Waals surface area contributed by atoms with E-state index in [4.69, 9.17) is 4.74 Å². The van der Waals surface area contributed by atoms with Crippen molar-refractivity contribution in [1.82, 2.24) is 9.88 Å². The first-order chi connectivity index (χ1) is 11.8. The second-order valence-corrected chi connectivity index (χ2v) is 7.32. The molecule has 1 heterocycles. The number of benzene rings is 1. The Morgan fingerprint density at radius 1 is 1.28 bits per heavy atom. The standard InChI is InChI=1S/C18H21FN2O3S/c1-18(2,3)24-17(23)21(10-14-11-25-12-20-14)15(16(19)22)9-13-7-5-4-6-8-13/h4-8,11-12,15H,9-10H2,1-3H3/t15-/m0/s1. The molecule has 2 aromatic rings. The molecule has 1 atom stereocenters. The van der Waals surface area contributed by atoms with Gasteiger partial charge in [-0.2, -0.15) is 4.39 Å². The Hall–Kier alpha value is -2.28. The van der Waals surface area contributed by atoms with Crippen LogP contribution in [-0.2, 0) is 22.5 Å². The molecule has 0 unspecified atom stereocenters. The molecular formula is C18H21FN2O3S. The van der Waals surface area contributed by atoms with E-state index in [0.717, 1.165) is 10.5 Å². The molecule has 0 spiro atoms. The van der Waals surface area contributed by atoms with Gasteiger partial charge in [-0.15, -0.1) is 11.3 Å². The van der Waals surface area contributed by atoms with E-state index in [1.54, 1.807) is 55.9 Å². The van der Waals surface area contributed by atoms with Gasteiger partial charge in [-0.3, -0.25) is 9.69 Å². The third-order valence-corrected chi connectivity index (χ3v) is 3.99. The van der Waals surface area contributed by atoms with Crippen LogP contribution in [0.25, 0.3) is 0 Å². The summed E-state index contributed by atoms with van der Waals surface area (Å²) in [4.78, 5) is 29.5. The van der Waals surface area contributed by atoms with E-state index in [1.165, 1.54) is 11.3 Å². The average molecular weight is 364 g/mol. The van der Waals surface area contributed by atoms with Gasteiger partial charge >= 0.3 is 12.1 Å². The van der Waals surface area contributed by atoms with Gasteiger partial charge in [0.05, 0.1) is 17.7 Å². The Kier molecular flexibility index (Phi) is 6.25. The summed E-state index contributed by atoms with van der Waals surface area (Å²) in [5.41, 5.74) is 2.20. The maximum atomic E-state index is 13.8. The highest BCUT2D eigenvalue weighted by Gasteiger charge is 2.33. The van der Waals surface area contributed by atoms with Gasteiger partial charge in [0.25, 0.3) is 0 Å². The number of amides is 1. The molecule has 0 fully saturated rings. The van der Waals surface area contributed by atoms with Crippen LogP contribution in [0.4, 0.5) is 9.18 Å². The molecule has 5 nitrogen and oxygen atoms in total. The van der Waals surface area contributed by atoms with Crippen molar-refractivity contribution in [2.45, 2.75) is 45.4 Å². The van der Waals surface area contributed by atoms with Crippen molar-refractivity contribution < 1.29 is 18.7 Å². The maximum Gasteiger partial charge on any atom is 0.411 e. The van der Waals surface area contributed by atoms with Crippen molar-refractivity contribution >= 4 is 23.5 Å². The van der Waals surface area contributed by atoms with Crippen molar-refractivity contribution in [2.24, 2.45) is 0 Å². The number of hydrogen-bond donors (Lipinski definition) is 0. The predicted molar refractivity (Wildman–Crippen MR) is 93.9 cm³/mol. The fourth-order valence-electron chi connectivity index (χ4n) is 2.26. The molecular weight excluding hydrogens is 343 g/mol. The zero-order valence-electron chi connectivity index (χ0n) is 14.4. The van der Waals surface area contributed by atoms with E-state index < -0.39 is 23.8 Å². The molecule has 2 rings (SSSR count). The summed E-state index contributed by atoms with van der Waals surface area (Å²) in [6.07, 6.45) is -0.674. The summed E-state index contributed by atoms with van der Waals surface area (Å²) in [5, 5.41) is 1.75. The normalized spacial score (nSPS) is 12.5. The molecule has 1 amide bonds. The fraction of sp³-hybridized carbons (Fsp3) is 0.389. The first kappa shape index (κ1) is 19.1. The summed E-state index contributed by atoms with van der Waals surface area (Å²) in [6, 6.07) is 6.15. The van der Waals surface area contributed by atoms with Crippen LogP contribution < -0.4 is 0 Å². The third-order valence-electron chi connectivity index (χ3n) is 3.35. The molecule has 0 aliphatic heterocycles. The van der Waals surface area contributed by atoms with Gasteiger partial charge in [-0.25, -0.2) is 9.78 Å². The lowest BCUT2D eigenvalue weighted by Gasteiger charge is -2.31. The summed E-state index contributed by atoms with van der Waals surface area (Å²) in [6.45, 7) is 5.16. The van der Waals surface area contributed by atoms with Gasteiger partial charge in [0.1, 0.15) is 11.6 Å². The third kappa shape index (κ3) is 5.94. The predicted octanol–water partition coefficient (Wildman–Crippen LogP) is 3.99. The molecule has 0 N–H and O–H groups in total. The number of hydrogen-bond acceptors (Lipinski definition) is 5. The number of halogens is 1. The zero-order valence-corrected chi connectivity index (χ0v) is 15.3. The van der Waals surface area contributed by atoms with E-state index >= 15 is 0 Å². The van der Waals surface area contributed by atoms with Gasteiger partial charge < -0.3 is 4.74 Å². The summed E-state index contributed by atoms with van der Waals surface area (Å²) < 4.78 is 19.2.